The number of rotatable bonds is 7. The van der Waals surface area contributed by atoms with Gasteiger partial charge in [-0.3, -0.25) is 0 Å². The number of nitrogens with one attached hydrogen (secondary N) is 1. The molecule has 1 aromatic rings. The summed E-state index contributed by atoms with van der Waals surface area (Å²) in [6.45, 7) is 5.07. The van der Waals surface area contributed by atoms with E-state index >= 15 is 0 Å². The Morgan fingerprint density at radius 3 is 2.47 bits per heavy atom. The average Bonchev–Trinajstić information content (AvgIpc) is 2.28. The molecule has 0 spiro atoms. The van der Waals surface area contributed by atoms with Crippen LogP contribution >= 0.6 is 24.8 Å². The molecule has 0 aromatic heterocycles. The molecule has 0 aliphatic rings. The molecule has 1 rings (SSSR count). The minimum absolute atomic E-state index is 0. The average molecular weight is 281 g/mol. The molecule has 0 heterocycles. The van der Waals surface area contributed by atoms with Crippen molar-refractivity contribution in [2.45, 2.75) is 19.6 Å². The number of benzene rings is 1. The molecule has 0 saturated carbocycles. The second-order valence-corrected chi connectivity index (χ2v) is 3.57. The van der Waals surface area contributed by atoms with Crippen molar-refractivity contribution in [1.29, 1.82) is 0 Å². The normalized spacial score (nSPS) is 11.2. The first-order valence-electron chi connectivity index (χ1n) is 5.41. The SMILES string of the molecule is CCNCC(N)COCc1ccccc1.Cl.Cl. The molecule has 0 aliphatic heterocycles. The van der Waals surface area contributed by atoms with Crippen molar-refractivity contribution in [1.82, 2.24) is 5.32 Å². The van der Waals surface area contributed by atoms with E-state index in [0.717, 1.165) is 13.1 Å². The summed E-state index contributed by atoms with van der Waals surface area (Å²) in [6.07, 6.45) is 0. The highest BCUT2D eigenvalue weighted by atomic mass is 35.5. The smallest absolute Gasteiger partial charge is 0.0717 e. The Morgan fingerprint density at radius 1 is 1.24 bits per heavy atom. The zero-order chi connectivity index (χ0) is 10.9. The minimum Gasteiger partial charge on any atom is -0.375 e. The van der Waals surface area contributed by atoms with E-state index in [1.54, 1.807) is 0 Å². The summed E-state index contributed by atoms with van der Waals surface area (Å²) in [6, 6.07) is 10.2. The second-order valence-electron chi connectivity index (χ2n) is 3.57. The molecule has 0 fully saturated rings. The third-order valence-electron chi connectivity index (χ3n) is 2.10. The van der Waals surface area contributed by atoms with Gasteiger partial charge in [0.1, 0.15) is 0 Å². The van der Waals surface area contributed by atoms with Crippen LogP contribution < -0.4 is 11.1 Å². The maximum absolute atomic E-state index is 5.84. The largest absolute Gasteiger partial charge is 0.375 e. The van der Waals surface area contributed by atoms with Gasteiger partial charge in [0, 0.05) is 12.6 Å². The van der Waals surface area contributed by atoms with Gasteiger partial charge in [-0.15, -0.1) is 24.8 Å². The summed E-state index contributed by atoms with van der Waals surface area (Å²) >= 11 is 0. The zero-order valence-corrected chi connectivity index (χ0v) is 11.7. The highest BCUT2D eigenvalue weighted by Gasteiger charge is 2.01. The van der Waals surface area contributed by atoms with Crippen molar-refractivity contribution in [3.8, 4) is 0 Å². The number of ether oxygens (including phenoxy) is 1. The number of hydrogen-bond acceptors (Lipinski definition) is 3. The van der Waals surface area contributed by atoms with Crippen LogP contribution in [0.15, 0.2) is 30.3 Å². The van der Waals surface area contributed by atoms with Crippen LogP contribution in [0.4, 0.5) is 0 Å². The number of halogens is 2. The molecule has 0 saturated heterocycles. The van der Waals surface area contributed by atoms with E-state index in [9.17, 15) is 0 Å². The van der Waals surface area contributed by atoms with Gasteiger partial charge in [0.15, 0.2) is 0 Å². The number of hydrogen-bond donors (Lipinski definition) is 2. The first kappa shape index (κ1) is 19.0. The first-order chi connectivity index (χ1) is 7.33. The van der Waals surface area contributed by atoms with Crippen LogP contribution in [0, 0.1) is 0 Å². The van der Waals surface area contributed by atoms with Gasteiger partial charge in [-0.1, -0.05) is 37.3 Å². The van der Waals surface area contributed by atoms with Crippen LogP contribution in [-0.4, -0.2) is 25.7 Å². The third kappa shape index (κ3) is 9.39. The topological polar surface area (TPSA) is 47.3 Å². The van der Waals surface area contributed by atoms with Crippen LogP contribution in [0.3, 0.4) is 0 Å². The molecule has 5 heteroatoms. The van der Waals surface area contributed by atoms with E-state index in [1.807, 2.05) is 18.2 Å². The zero-order valence-electron chi connectivity index (χ0n) is 10.1. The van der Waals surface area contributed by atoms with Gasteiger partial charge < -0.3 is 15.8 Å². The lowest BCUT2D eigenvalue weighted by atomic mass is 10.2. The molecule has 1 atom stereocenters. The highest BCUT2D eigenvalue weighted by Crippen LogP contribution is 2.00. The highest BCUT2D eigenvalue weighted by molar-refractivity contribution is 5.85. The maximum atomic E-state index is 5.84. The maximum Gasteiger partial charge on any atom is 0.0717 e. The van der Waals surface area contributed by atoms with Crippen LogP contribution in [0.2, 0.25) is 0 Å². The number of nitrogens with two attached hydrogens (primary N) is 1. The Morgan fingerprint density at radius 2 is 1.88 bits per heavy atom. The summed E-state index contributed by atoms with van der Waals surface area (Å²) in [4.78, 5) is 0. The van der Waals surface area contributed by atoms with Gasteiger partial charge >= 0.3 is 0 Å². The predicted molar refractivity (Wildman–Crippen MR) is 77.1 cm³/mol. The first-order valence-corrected chi connectivity index (χ1v) is 5.41. The van der Waals surface area contributed by atoms with E-state index in [1.165, 1.54) is 5.56 Å². The molecule has 100 valence electrons. The molecule has 0 amide bonds. The molecular formula is C12H22Cl2N2O. The lowest BCUT2D eigenvalue weighted by Gasteiger charge is -2.12. The fourth-order valence-corrected chi connectivity index (χ4v) is 1.29. The number of likely N-dealkylation sites (N-methyl/N-ethyl adjacent to an activating group) is 1. The fraction of sp³-hybridized carbons (Fsp3) is 0.500. The van der Waals surface area contributed by atoms with Gasteiger partial charge in [-0.25, -0.2) is 0 Å². The van der Waals surface area contributed by atoms with Crippen molar-refractivity contribution in [3.63, 3.8) is 0 Å². The van der Waals surface area contributed by atoms with Crippen molar-refractivity contribution in [2.75, 3.05) is 19.7 Å². The molecule has 0 radical (unpaired) electrons. The Balaban J connectivity index is 0. The van der Waals surface area contributed by atoms with Crippen molar-refractivity contribution >= 4 is 24.8 Å². The van der Waals surface area contributed by atoms with Crippen molar-refractivity contribution < 1.29 is 4.74 Å². The Hall–Kier alpha value is -0.320. The molecule has 17 heavy (non-hydrogen) atoms. The minimum atomic E-state index is 0. The molecular weight excluding hydrogens is 259 g/mol. The van der Waals surface area contributed by atoms with E-state index in [2.05, 4.69) is 24.4 Å². The van der Waals surface area contributed by atoms with Crippen LogP contribution in [0.25, 0.3) is 0 Å². The molecule has 0 bridgehead atoms. The molecule has 0 aliphatic carbocycles. The van der Waals surface area contributed by atoms with E-state index in [-0.39, 0.29) is 30.9 Å². The Bertz CT molecular complexity index is 260. The van der Waals surface area contributed by atoms with Crippen LogP contribution in [0.1, 0.15) is 12.5 Å². The van der Waals surface area contributed by atoms with Crippen LogP contribution in [-0.2, 0) is 11.3 Å². The third-order valence-corrected chi connectivity index (χ3v) is 2.10. The van der Waals surface area contributed by atoms with Crippen LogP contribution in [0.5, 0.6) is 0 Å². The monoisotopic (exact) mass is 280 g/mol. The summed E-state index contributed by atoms with van der Waals surface area (Å²) in [5, 5.41) is 3.19. The van der Waals surface area contributed by atoms with Gasteiger partial charge in [0.25, 0.3) is 0 Å². The molecule has 1 unspecified atom stereocenters. The fourth-order valence-electron chi connectivity index (χ4n) is 1.29. The van der Waals surface area contributed by atoms with Gasteiger partial charge in [0.2, 0.25) is 0 Å². The van der Waals surface area contributed by atoms with E-state index < -0.39 is 0 Å². The summed E-state index contributed by atoms with van der Waals surface area (Å²) in [7, 11) is 0. The molecule has 3 nitrogen and oxygen atoms in total. The van der Waals surface area contributed by atoms with Gasteiger partial charge in [-0.2, -0.15) is 0 Å². The summed E-state index contributed by atoms with van der Waals surface area (Å²) in [5.41, 5.74) is 7.02. The van der Waals surface area contributed by atoms with Gasteiger partial charge in [-0.05, 0) is 12.1 Å². The lowest BCUT2D eigenvalue weighted by Crippen LogP contribution is -2.37. The summed E-state index contributed by atoms with van der Waals surface area (Å²) in [5.74, 6) is 0. The standard InChI is InChI=1S/C12H20N2O.2ClH/c1-2-14-8-12(13)10-15-9-11-6-4-3-5-7-11;;/h3-7,12,14H,2,8-10,13H2,1H3;2*1H. The van der Waals surface area contributed by atoms with E-state index in [0.29, 0.717) is 13.2 Å². The quantitative estimate of drug-likeness (QED) is 0.803. The van der Waals surface area contributed by atoms with Gasteiger partial charge in [0.05, 0.1) is 13.2 Å². The van der Waals surface area contributed by atoms with Crippen molar-refractivity contribution in [3.05, 3.63) is 35.9 Å². The predicted octanol–water partition coefficient (Wildman–Crippen LogP) is 1.98. The van der Waals surface area contributed by atoms with Crippen molar-refractivity contribution in [2.24, 2.45) is 5.73 Å². The Labute approximate surface area is 116 Å². The summed E-state index contributed by atoms with van der Waals surface area (Å²) < 4.78 is 5.51. The lowest BCUT2D eigenvalue weighted by molar-refractivity contribution is 0.107. The molecule has 1 aromatic carbocycles. The second kappa shape index (κ2) is 12.1. The van der Waals surface area contributed by atoms with E-state index in [4.69, 9.17) is 10.5 Å². The Kier molecular flexibility index (Phi) is 13.6. The molecule has 3 N–H and O–H groups in total.